The summed E-state index contributed by atoms with van der Waals surface area (Å²) in [5.41, 5.74) is 18.1. The van der Waals surface area contributed by atoms with Gasteiger partial charge in [-0.05, 0) is 182 Å². The maximum absolute atomic E-state index is 8.89. The second-order valence-corrected chi connectivity index (χ2v) is 22.2. The molecular weight excluding hydrogens is 1730 g/mol. The van der Waals surface area contributed by atoms with Crippen molar-refractivity contribution in [2.75, 3.05) is 13.2 Å². The molecule has 0 aliphatic carbocycles. The predicted octanol–water partition coefficient (Wildman–Crippen LogP) is 17.1. The molecule has 0 spiro atoms. The minimum Gasteiger partial charge on any atom is -0.384 e. The number of fused-ring (bicyclic) bond motifs is 14. The molecule has 14 heterocycles. The van der Waals surface area contributed by atoms with Gasteiger partial charge in [-0.3, -0.25) is 59.8 Å². The Hall–Kier alpha value is -11.6. The van der Waals surface area contributed by atoms with Crippen molar-refractivity contribution in [3.8, 4) is 69.7 Å². The summed E-state index contributed by atoms with van der Waals surface area (Å²) in [5.74, 6) is 7.56. The van der Waals surface area contributed by atoms with Crippen LogP contribution in [0.3, 0.4) is 0 Å². The molecule has 0 amide bonds. The van der Waals surface area contributed by atoms with Gasteiger partial charge in [-0.15, -0.1) is 6.42 Å². The molecule has 0 aliphatic heterocycles. The van der Waals surface area contributed by atoms with E-state index in [0.29, 0.717) is 0 Å². The van der Waals surface area contributed by atoms with E-state index in [4.69, 9.17) is 30.1 Å². The Morgan fingerprint density at radius 1 is 0.292 bits per heavy atom. The average molecular weight is 1800 g/mol. The summed E-state index contributed by atoms with van der Waals surface area (Å²) < 4.78 is 0.989. The molecule has 2 N–H and O–H groups in total. The number of aliphatic hydroxyl groups excluding tert-OH is 2. The van der Waals surface area contributed by atoms with Crippen LogP contribution in [0.15, 0.2) is 309 Å². The second kappa shape index (κ2) is 42.2. The van der Waals surface area contributed by atoms with Gasteiger partial charge in [-0.2, -0.15) is 0 Å². The summed E-state index contributed by atoms with van der Waals surface area (Å²) in [6.45, 7) is -0.323. The molecule has 22 heteroatoms. The van der Waals surface area contributed by atoms with Crippen LogP contribution in [0.5, 0.6) is 0 Å². The SMILES string of the molecule is Brc1ccc2nc3c4cccnc4c4ncccc4c3nc2c1.C.C#CCO.OCC#Cc1ccc2nc3c4cccnc4c4ncccc4c3nc2c1.[CH3-].[Ru].[Ru].[W].c1ccc(-c2ccccn2)nc1.c1ccc(-c2ccccn2)nc1.c1ccc(-c2ccccn2)nc1.c1ccc(-c2ccccn2)nc1. The number of hydrogen-bond donors (Lipinski definition) is 2. The van der Waals surface area contributed by atoms with E-state index in [-0.39, 0.29) is 88.1 Å². The molecule has 0 aliphatic rings. The van der Waals surface area contributed by atoms with Gasteiger partial charge in [0.25, 0.3) is 0 Å². The van der Waals surface area contributed by atoms with E-state index in [2.05, 4.69) is 94.0 Å². The van der Waals surface area contributed by atoms with Crippen LogP contribution in [0.1, 0.15) is 13.0 Å². The molecule has 522 valence electrons. The van der Waals surface area contributed by atoms with E-state index in [1.807, 2.05) is 236 Å². The third-order valence-corrected chi connectivity index (χ3v) is 15.3. The van der Waals surface area contributed by atoms with E-state index in [9.17, 15) is 0 Å². The number of pyridine rings is 12. The number of aliphatic hydroxyl groups is 2. The first-order valence-corrected chi connectivity index (χ1v) is 32.3. The van der Waals surface area contributed by atoms with Crippen LogP contribution >= 0.6 is 15.9 Å². The number of rotatable bonds is 4. The standard InChI is InChI=1S/C21H12N4O.C18H9BrN4.4C10H8N2.C3H4O.CH4.CH3.2Ru.W/c26-11-3-4-13-7-8-16-17(12-13)25-21-15-6-2-10-23-19(15)18-14(20(21)24-16)5-1-9-22-18;19-10-5-6-13-14(9-10)23-18-12-4-2-8-21-16(12)15-11(17(18)22-13)3-1-7-20-15;4*1-3-7-11-9(5-1)10-6-2-4-8-12-10;1-2-3-4;;;;;/h1-2,5-10,12,26H,11H2;1-9H;4*1-8H;1,4H,3H2;1H4;1H3;;;/q;;;;;;;;-1;;;. The second-order valence-electron chi connectivity index (χ2n) is 21.3. The molecule has 0 saturated carbocycles. The number of benzene rings is 4. The van der Waals surface area contributed by atoms with Crippen molar-refractivity contribution in [1.82, 2.24) is 79.7 Å². The summed E-state index contributed by atoms with van der Waals surface area (Å²) >= 11 is 3.50. The molecule has 0 atom stereocenters. The van der Waals surface area contributed by atoms with Gasteiger partial charge in [-0.25, -0.2) is 19.9 Å². The zero-order chi connectivity index (χ0) is 69.2. The fourth-order valence-corrected chi connectivity index (χ4v) is 10.7. The number of aromatic nitrogens is 16. The first kappa shape index (κ1) is 81.7. The van der Waals surface area contributed by atoms with Crippen LogP contribution in [0.4, 0.5) is 0 Å². The van der Waals surface area contributed by atoms with Crippen molar-refractivity contribution >= 4 is 104 Å². The Balaban J connectivity index is 0.000000180. The minimum atomic E-state index is -0.170. The maximum Gasteiger partial charge on any atom is 0.104 e. The quantitative estimate of drug-likeness (QED) is 0.0546. The Morgan fingerprint density at radius 3 is 0.783 bits per heavy atom. The first-order chi connectivity index (χ1) is 49.9. The first-order valence-electron chi connectivity index (χ1n) is 31.5. The van der Waals surface area contributed by atoms with E-state index in [1.165, 1.54) is 0 Å². The molecule has 18 rings (SSSR count). The van der Waals surface area contributed by atoms with E-state index >= 15 is 0 Å². The van der Waals surface area contributed by atoms with Crippen LogP contribution in [-0.4, -0.2) is 103 Å². The van der Waals surface area contributed by atoms with E-state index in [0.717, 1.165) is 143 Å². The van der Waals surface area contributed by atoms with Gasteiger partial charge in [0.15, 0.2) is 0 Å². The third kappa shape index (κ3) is 21.1. The molecule has 0 bridgehead atoms. The van der Waals surface area contributed by atoms with Crippen molar-refractivity contribution in [2.45, 2.75) is 7.43 Å². The van der Waals surface area contributed by atoms with Crippen molar-refractivity contribution in [3.63, 3.8) is 0 Å². The molecular formula is C84H64BrN16O2Ru2W-. The Bertz CT molecular complexity index is 5410. The molecule has 0 saturated heterocycles. The monoisotopic (exact) mass is 1800 g/mol. The summed E-state index contributed by atoms with van der Waals surface area (Å²) in [4.78, 5) is 71.0. The normalized spacial score (nSPS) is 9.83. The molecule has 0 unspecified atom stereocenters. The molecule has 0 radical (unpaired) electrons. The molecule has 18 aromatic rings. The number of terminal acetylenes is 1. The van der Waals surface area contributed by atoms with Gasteiger partial charge in [0.2, 0.25) is 0 Å². The largest absolute Gasteiger partial charge is 0.384 e. The summed E-state index contributed by atoms with van der Waals surface area (Å²) in [5, 5.41) is 20.3. The van der Waals surface area contributed by atoms with E-state index < -0.39 is 0 Å². The number of hydrogen-bond acceptors (Lipinski definition) is 18. The summed E-state index contributed by atoms with van der Waals surface area (Å²) in [7, 11) is 0. The molecule has 14 aromatic heterocycles. The smallest absolute Gasteiger partial charge is 0.104 e. The van der Waals surface area contributed by atoms with E-state index in [1.54, 1.807) is 74.4 Å². The van der Waals surface area contributed by atoms with Crippen LogP contribution in [0.2, 0.25) is 0 Å². The van der Waals surface area contributed by atoms with Crippen LogP contribution in [-0.2, 0) is 60.0 Å². The third-order valence-electron chi connectivity index (χ3n) is 14.8. The fraction of sp³-hybridized carbons (Fsp3) is 0.0357. The topological polar surface area (TPSA) is 247 Å². The van der Waals surface area contributed by atoms with Crippen LogP contribution < -0.4 is 0 Å². The van der Waals surface area contributed by atoms with Gasteiger partial charge in [0.05, 0.1) is 112 Å². The molecule has 18 nitrogen and oxygen atoms in total. The maximum atomic E-state index is 8.89. The van der Waals surface area contributed by atoms with Crippen molar-refractivity contribution < 1.29 is 70.2 Å². The summed E-state index contributed by atoms with van der Waals surface area (Å²) in [6.07, 6.45) is 25.8. The summed E-state index contributed by atoms with van der Waals surface area (Å²) in [6, 6.07) is 73.7. The Morgan fingerprint density at radius 2 is 0.538 bits per heavy atom. The average Bonchev–Trinajstić information content (AvgIpc) is 0.744. The van der Waals surface area contributed by atoms with Gasteiger partial charge in [-0.1, -0.05) is 89.6 Å². The fourth-order valence-electron chi connectivity index (χ4n) is 10.3. The number of nitrogens with zero attached hydrogens (tertiary/aromatic N) is 16. The van der Waals surface area contributed by atoms with Crippen LogP contribution in [0.25, 0.3) is 133 Å². The van der Waals surface area contributed by atoms with Gasteiger partial charge >= 0.3 is 0 Å². The van der Waals surface area contributed by atoms with Crippen LogP contribution in [0, 0.1) is 31.6 Å². The Kier molecular flexibility index (Phi) is 32.5. The number of halogens is 1. The van der Waals surface area contributed by atoms with Crippen molar-refractivity contribution in [3.05, 3.63) is 322 Å². The zero-order valence-electron chi connectivity index (χ0n) is 55.9. The Labute approximate surface area is 660 Å². The molecule has 106 heavy (non-hydrogen) atoms. The van der Waals surface area contributed by atoms with Gasteiger partial charge in [0.1, 0.15) is 13.2 Å². The molecule has 0 fully saturated rings. The predicted molar refractivity (Wildman–Crippen MR) is 416 cm³/mol. The molecule has 4 aromatic carbocycles. The van der Waals surface area contributed by atoms with Crippen molar-refractivity contribution in [2.24, 2.45) is 0 Å². The van der Waals surface area contributed by atoms with Gasteiger partial charge in [0, 0.05) is 166 Å². The zero-order valence-corrected chi connectivity index (χ0v) is 63.9. The van der Waals surface area contributed by atoms with Gasteiger partial charge < -0.3 is 17.6 Å². The van der Waals surface area contributed by atoms with Crippen molar-refractivity contribution in [1.29, 1.82) is 0 Å². The minimum absolute atomic E-state index is 0.